The highest BCUT2D eigenvalue weighted by molar-refractivity contribution is 5.86. The number of carbonyl (C=O) groups is 2. The summed E-state index contributed by atoms with van der Waals surface area (Å²) in [5, 5.41) is 1.24. The molecular weight excluding hydrogens is 388 g/mol. The minimum Gasteiger partial charge on any atom is -0.358 e. The molecule has 0 radical (unpaired) electrons. The van der Waals surface area contributed by atoms with Crippen molar-refractivity contribution in [3.05, 3.63) is 35.5 Å². The number of likely N-dealkylation sites (tertiary alicyclic amines) is 2. The van der Waals surface area contributed by atoms with Crippen LogP contribution in [0.4, 0.5) is 0 Å². The van der Waals surface area contributed by atoms with Crippen molar-refractivity contribution in [2.24, 2.45) is 11.8 Å². The van der Waals surface area contributed by atoms with Crippen molar-refractivity contribution in [1.82, 2.24) is 19.7 Å². The van der Waals surface area contributed by atoms with Crippen molar-refractivity contribution >= 4 is 22.7 Å². The molecule has 0 aliphatic carbocycles. The third-order valence-corrected chi connectivity index (χ3v) is 7.63. The summed E-state index contributed by atoms with van der Waals surface area (Å²) in [4.78, 5) is 35.7. The Morgan fingerprint density at radius 1 is 0.968 bits per heavy atom. The number of carbonyl (C=O) groups excluding carboxylic acids is 2. The number of hydrogen-bond acceptors (Lipinski definition) is 3. The van der Waals surface area contributed by atoms with Crippen molar-refractivity contribution in [3.63, 3.8) is 0 Å². The van der Waals surface area contributed by atoms with Crippen LogP contribution in [0.1, 0.15) is 43.9 Å². The van der Waals surface area contributed by atoms with Crippen molar-refractivity contribution < 1.29 is 9.59 Å². The Hall–Kier alpha value is -2.34. The molecule has 2 saturated heterocycles. The molecule has 4 heterocycles. The van der Waals surface area contributed by atoms with Crippen LogP contribution in [0.15, 0.2) is 24.3 Å². The fourth-order valence-electron chi connectivity index (χ4n) is 5.50. The van der Waals surface area contributed by atoms with Crippen LogP contribution >= 0.6 is 0 Å². The summed E-state index contributed by atoms with van der Waals surface area (Å²) in [6, 6.07) is 8.36. The number of aromatic nitrogens is 1. The minimum atomic E-state index is 0.142. The van der Waals surface area contributed by atoms with Gasteiger partial charge in [-0.05, 0) is 50.8 Å². The van der Waals surface area contributed by atoms with Gasteiger partial charge in [-0.2, -0.15) is 0 Å². The van der Waals surface area contributed by atoms with Crippen LogP contribution < -0.4 is 0 Å². The summed E-state index contributed by atoms with van der Waals surface area (Å²) in [5.41, 5.74) is 3.71. The fraction of sp³-hybridized carbons (Fsp3) is 0.600. The number of H-pyrrole nitrogens is 1. The molecule has 3 aliphatic rings. The molecule has 0 bridgehead atoms. The highest BCUT2D eigenvalue weighted by Crippen LogP contribution is 2.28. The lowest BCUT2D eigenvalue weighted by Gasteiger charge is -2.37. The van der Waals surface area contributed by atoms with E-state index in [1.54, 1.807) is 0 Å². The van der Waals surface area contributed by atoms with Crippen molar-refractivity contribution in [3.8, 4) is 0 Å². The molecule has 0 atom stereocenters. The zero-order chi connectivity index (χ0) is 21.4. The number of fused-ring (bicyclic) bond motifs is 3. The lowest BCUT2D eigenvalue weighted by molar-refractivity contribution is -0.139. The molecule has 2 amide bonds. The first-order valence-electron chi connectivity index (χ1n) is 12.0. The molecule has 3 aliphatic heterocycles. The Morgan fingerprint density at radius 2 is 1.71 bits per heavy atom. The van der Waals surface area contributed by atoms with Crippen LogP contribution in [0.25, 0.3) is 10.9 Å². The Balaban J connectivity index is 1.13. The van der Waals surface area contributed by atoms with E-state index in [2.05, 4.69) is 39.9 Å². The zero-order valence-electron chi connectivity index (χ0n) is 18.6. The van der Waals surface area contributed by atoms with Gasteiger partial charge in [0.2, 0.25) is 11.8 Å². The normalized spacial score (nSPS) is 21.5. The second-order valence-electron chi connectivity index (χ2n) is 9.75. The zero-order valence-corrected chi connectivity index (χ0v) is 18.6. The largest absolute Gasteiger partial charge is 0.358 e. The van der Waals surface area contributed by atoms with E-state index >= 15 is 0 Å². The van der Waals surface area contributed by atoms with E-state index in [1.807, 2.05) is 11.0 Å². The van der Waals surface area contributed by atoms with Crippen molar-refractivity contribution in [2.45, 2.75) is 45.6 Å². The number of benzene rings is 1. The van der Waals surface area contributed by atoms with Crippen molar-refractivity contribution in [1.29, 1.82) is 0 Å². The Bertz CT molecular complexity index is 952. The number of hydrogen-bond donors (Lipinski definition) is 1. The molecule has 31 heavy (non-hydrogen) atoms. The maximum atomic E-state index is 13.0. The third-order valence-electron chi connectivity index (χ3n) is 7.63. The molecular formula is C25H34N4O2. The lowest BCUT2D eigenvalue weighted by Crippen LogP contribution is -2.48. The second-order valence-corrected chi connectivity index (χ2v) is 9.75. The average molecular weight is 423 g/mol. The van der Waals surface area contributed by atoms with Crippen LogP contribution in [0.2, 0.25) is 0 Å². The van der Waals surface area contributed by atoms with E-state index < -0.39 is 0 Å². The van der Waals surface area contributed by atoms with Gasteiger partial charge in [0.1, 0.15) is 0 Å². The van der Waals surface area contributed by atoms with Gasteiger partial charge < -0.3 is 14.8 Å². The number of para-hydroxylation sites is 1. The van der Waals surface area contributed by atoms with Crippen molar-refractivity contribution in [2.75, 3.05) is 39.3 Å². The van der Waals surface area contributed by atoms with Crippen LogP contribution in [0, 0.1) is 11.8 Å². The molecule has 0 unspecified atom stereocenters. The summed E-state index contributed by atoms with van der Waals surface area (Å²) < 4.78 is 0. The number of amides is 2. The molecule has 2 fully saturated rings. The maximum Gasteiger partial charge on any atom is 0.237 e. The highest BCUT2D eigenvalue weighted by Gasteiger charge is 2.32. The first-order valence-corrected chi connectivity index (χ1v) is 12.0. The lowest BCUT2D eigenvalue weighted by atomic mass is 9.92. The summed E-state index contributed by atoms with van der Waals surface area (Å²) >= 11 is 0. The van der Waals surface area contributed by atoms with Crippen LogP contribution in [0.5, 0.6) is 0 Å². The number of piperidine rings is 2. The standard InChI is InChI=1S/C25H34N4O2/c1-18-6-13-28(14-7-18)25(31)19-8-11-27(12-9-19)17-24(30)29-15-10-23-21(16-29)20-4-2-3-5-22(20)26-23/h2-5,18-19,26H,6-17H2,1H3. The Kier molecular flexibility index (Phi) is 5.74. The van der Waals surface area contributed by atoms with Gasteiger partial charge in [0.25, 0.3) is 0 Å². The number of rotatable bonds is 3. The summed E-state index contributed by atoms with van der Waals surface area (Å²) in [6.45, 7) is 7.75. The van der Waals surface area contributed by atoms with Gasteiger partial charge in [-0.15, -0.1) is 0 Å². The summed E-state index contributed by atoms with van der Waals surface area (Å²) in [5.74, 6) is 1.45. The van der Waals surface area contributed by atoms with Crippen LogP contribution in [0.3, 0.4) is 0 Å². The Morgan fingerprint density at radius 3 is 2.48 bits per heavy atom. The summed E-state index contributed by atoms with van der Waals surface area (Å²) in [7, 11) is 0. The average Bonchev–Trinajstić information content (AvgIpc) is 3.17. The smallest absolute Gasteiger partial charge is 0.237 e. The van der Waals surface area contributed by atoms with E-state index in [-0.39, 0.29) is 11.8 Å². The first kappa shape index (κ1) is 20.6. The summed E-state index contributed by atoms with van der Waals surface area (Å²) in [6.07, 6.45) is 4.91. The molecule has 0 saturated carbocycles. The van der Waals surface area contributed by atoms with Gasteiger partial charge in [-0.3, -0.25) is 14.5 Å². The van der Waals surface area contributed by atoms with Gasteiger partial charge in [0.15, 0.2) is 0 Å². The maximum absolute atomic E-state index is 13.0. The molecule has 6 heteroatoms. The minimum absolute atomic E-state index is 0.142. The van der Waals surface area contributed by atoms with Crippen LogP contribution in [-0.2, 0) is 22.6 Å². The molecule has 1 aromatic carbocycles. The fourth-order valence-corrected chi connectivity index (χ4v) is 5.50. The first-order chi connectivity index (χ1) is 15.1. The molecule has 166 valence electrons. The predicted molar refractivity (Wildman–Crippen MR) is 122 cm³/mol. The monoisotopic (exact) mass is 422 g/mol. The number of nitrogens with zero attached hydrogens (tertiary/aromatic N) is 3. The van der Waals surface area contributed by atoms with E-state index in [1.165, 1.54) is 16.6 Å². The Labute approximate surface area is 184 Å². The molecule has 1 N–H and O–H groups in total. The second kappa shape index (κ2) is 8.65. The van der Waals surface area contributed by atoms with E-state index in [9.17, 15) is 9.59 Å². The topological polar surface area (TPSA) is 59.7 Å². The molecule has 6 nitrogen and oxygen atoms in total. The van der Waals surface area contributed by atoms with Crippen LogP contribution in [-0.4, -0.2) is 70.8 Å². The molecule has 0 spiro atoms. The molecule has 1 aromatic heterocycles. The molecule has 2 aromatic rings. The van der Waals surface area contributed by atoms with Gasteiger partial charge in [-0.25, -0.2) is 0 Å². The number of nitrogens with one attached hydrogen (secondary N) is 1. The van der Waals surface area contributed by atoms with E-state index in [4.69, 9.17) is 0 Å². The molecule has 5 rings (SSSR count). The van der Waals surface area contributed by atoms with E-state index in [0.29, 0.717) is 19.0 Å². The quantitative estimate of drug-likeness (QED) is 0.827. The van der Waals surface area contributed by atoms with E-state index in [0.717, 1.165) is 76.3 Å². The number of aromatic amines is 1. The highest BCUT2D eigenvalue weighted by atomic mass is 16.2. The van der Waals surface area contributed by atoms with Gasteiger partial charge in [0.05, 0.1) is 6.54 Å². The predicted octanol–water partition coefficient (Wildman–Crippen LogP) is 3.02. The van der Waals surface area contributed by atoms with Gasteiger partial charge >= 0.3 is 0 Å². The van der Waals surface area contributed by atoms with Gasteiger partial charge in [-0.1, -0.05) is 25.1 Å². The SMILES string of the molecule is CC1CCN(C(=O)C2CCN(CC(=O)N3CCc4[nH]c5ccccc5c4C3)CC2)CC1. The third kappa shape index (κ3) is 4.22. The van der Waals surface area contributed by atoms with Gasteiger partial charge in [0, 0.05) is 60.7 Å².